The Morgan fingerprint density at radius 3 is 2.09 bits per heavy atom. The minimum atomic E-state index is -0.331. The Bertz CT molecular complexity index is 1130. The van der Waals surface area contributed by atoms with E-state index in [-0.39, 0.29) is 18.4 Å². The standard InChI is InChI=1S/C27H26N2O3/c1-3-19-10-14-22(15-11-19)28-25-24(21-12-16-23(17-13-21)32-4-2)26(30)29(27(25)31)18-20-8-6-5-7-9-20/h5-17,28H,3-4,18H2,1-2H3. The van der Waals surface area contributed by atoms with Gasteiger partial charge in [-0.15, -0.1) is 0 Å². The highest BCUT2D eigenvalue weighted by atomic mass is 16.5. The average Bonchev–Trinajstić information content (AvgIpc) is 3.05. The zero-order valence-corrected chi connectivity index (χ0v) is 18.3. The van der Waals surface area contributed by atoms with Crippen LogP contribution in [0.1, 0.15) is 30.5 Å². The molecule has 32 heavy (non-hydrogen) atoms. The zero-order chi connectivity index (χ0) is 22.5. The van der Waals surface area contributed by atoms with Crippen LogP contribution < -0.4 is 10.1 Å². The van der Waals surface area contributed by atoms with E-state index < -0.39 is 0 Å². The predicted molar refractivity (Wildman–Crippen MR) is 126 cm³/mol. The molecule has 4 rings (SSSR count). The van der Waals surface area contributed by atoms with Crippen LogP contribution in [0.4, 0.5) is 5.69 Å². The van der Waals surface area contributed by atoms with E-state index in [9.17, 15) is 9.59 Å². The number of ether oxygens (including phenoxy) is 1. The number of imide groups is 1. The second-order valence-corrected chi connectivity index (χ2v) is 7.56. The van der Waals surface area contributed by atoms with Crippen LogP contribution >= 0.6 is 0 Å². The van der Waals surface area contributed by atoms with Crippen molar-refractivity contribution in [3.8, 4) is 5.75 Å². The van der Waals surface area contributed by atoms with Crippen molar-refractivity contribution in [2.24, 2.45) is 0 Å². The molecule has 1 heterocycles. The van der Waals surface area contributed by atoms with E-state index in [0.29, 0.717) is 23.4 Å². The number of hydrogen-bond acceptors (Lipinski definition) is 4. The van der Waals surface area contributed by atoms with Crippen LogP contribution in [0.25, 0.3) is 5.57 Å². The van der Waals surface area contributed by atoms with Gasteiger partial charge in [0.2, 0.25) is 0 Å². The minimum Gasteiger partial charge on any atom is -0.494 e. The van der Waals surface area contributed by atoms with Gasteiger partial charge in [0.25, 0.3) is 11.8 Å². The summed E-state index contributed by atoms with van der Waals surface area (Å²) >= 11 is 0. The van der Waals surface area contributed by atoms with Gasteiger partial charge in [-0.3, -0.25) is 14.5 Å². The van der Waals surface area contributed by atoms with Crippen molar-refractivity contribution < 1.29 is 14.3 Å². The van der Waals surface area contributed by atoms with Crippen molar-refractivity contribution in [1.82, 2.24) is 4.90 Å². The molecule has 1 aliphatic rings. The number of rotatable bonds is 8. The average molecular weight is 427 g/mol. The molecule has 0 spiro atoms. The SMILES string of the molecule is CCOc1ccc(C2=C(Nc3ccc(CC)cc3)C(=O)N(Cc3ccccc3)C2=O)cc1. The fourth-order valence-corrected chi connectivity index (χ4v) is 3.72. The maximum atomic E-state index is 13.4. The van der Waals surface area contributed by atoms with Gasteiger partial charge in [-0.25, -0.2) is 0 Å². The first-order valence-corrected chi connectivity index (χ1v) is 10.8. The van der Waals surface area contributed by atoms with Crippen molar-refractivity contribution in [1.29, 1.82) is 0 Å². The van der Waals surface area contributed by atoms with E-state index in [2.05, 4.69) is 12.2 Å². The summed E-state index contributed by atoms with van der Waals surface area (Å²) in [5, 5.41) is 3.21. The Hall–Kier alpha value is -3.86. The molecule has 1 N–H and O–H groups in total. The van der Waals surface area contributed by atoms with E-state index in [1.165, 1.54) is 10.5 Å². The highest BCUT2D eigenvalue weighted by Gasteiger charge is 2.39. The molecule has 0 aliphatic carbocycles. The molecule has 5 nitrogen and oxygen atoms in total. The second kappa shape index (κ2) is 9.52. The van der Waals surface area contributed by atoms with E-state index in [1.807, 2.05) is 85.8 Å². The molecule has 0 unspecified atom stereocenters. The third-order valence-corrected chi connectivity index (χ3v) is 5.44. The lowest BCUT2D eigenvalue weighted by molar-refractivity contribution is -0.137. The van der Waals surface area contributed by atoms with Crippen molar-refractivity contribution in [2.45, 2.75) is 26.8 Å². The summed E-state index contributed by atoms with van der Waals surface area (Å²) in [5.41, 5.74) is 4.20. The van der Waals surface area contributed by atoms with Crippen LogP contribution in [0.2, 0.25) is 0 Å². The summed E-state index contributed by atoms with van der Waals surface area (Å²) in [6.45, 7) is 4.79. The van der Waals surface area contributed by atoms with E-state index >= 15 is 0 Å². The van der Waals surface area contributed by atoms with E-state index in [1.54, 1.807) is 0 Å². The maximum absolute atomic E-state index is 13.4. The van der Waals surface area contributed by atoms with Crippen LogP contribution in [0.5, 0.6) is 5.75 Å². The topological polar surface area (TPSA) is 58.6 Å². The monoisotopic (exact) mass is 426 g/mol. The first-order valence-electron chi connectivity index (χ1n) is 10.8. The second-order valence-electron chi connectivity index (χ2n) is 7.56. The Kier molecular flexibility index (Phi) is 6.36. The zero-order valence-electron chi connectivity index (χ0n) is 18.3. The third kappa shape index (κ3) is 4.42. The molecule has 0 atom stereocenters. The van der Waals surface area contributed by atoms with Crippen molar-refractivity contribution in [3.63, 3.8) is 0 Å². The molecule has 0 radical (unpaired) electrons. The molecule has 0 bridgehead atoms. The van der Waals surface area contributed by atoms with E-state index in [4.69, 9.17) is 4.74 Å². The molecule has 162 valence electrons. The van der Waals surface area contributed by atoms with Gasteiger partial charge in [-0.2, -0.15) is 0 Å². The summed E-state index contributed by atoms with van der Waals surface area (Å²) in [6.07, 6.45) is 0.933. The maximum Gasteiger partial charge on any atom is 0.278 e. The summed E-state index contributed by atoms with van der Waals surface area (Å²) in [7, 11) is 0. The summed E-state index contributed by atoms with van der Waals surface area (Å²) < 4.78 is 5.52. The lowest BCUT2D eigenvalue weighted by Crippen LogP contribution is -2.31. The predicted octanol–water partition coefficient (Wildman–Crippen LogP) is 5.04. The quantitative estimate of drug-likeness (QED) is 0.513. The van der Waals surface area contributed by atoms with Gasteiger partial charge in [-0.1, -0.05) is 61.5 Å². The van der Waals surface area contributed by atoms with Crippen LogP contribution in [0.3, 0.4) is 0 Å². The molecule has 3 aromatic rings. The Balaban J connectivity index is 1.70. The highest BCUT2D eigenvalue weighted by Crippen LogP contribution is 2.32. The lowest BCUT2D eigenvalue weighted by atomic mass is 10.0. The smallest absolute Gasteiger partial charge is 0.278 e. The number of nitrogens with one attached hydrogen (secondary N) is 1. The van der Waals surface area contributed by atoms with Crippen LogP contribution in [-0.2, 0) is 22.6 Å². The van der Waals surface area contributed by atoms with Gasteiger partial charge in [0, 0.05) is 5.69 Å². The molecule has 5 heteroatoms. The van der Waals surface area contributed by atoms with Gasteiger partial charge >= 0.3 is 0 Å². The first kappa shape index (κ1) is 21.4. The number of nitrogens with zero attached hydrogens (tertiary/aromatic N) is 1. The van der Waals surface area contributed by atoms with Crippen LogP contribution in [0.15, 0.2) is 84.6 Å². The number of carbonyl (C=O) groups is 2. The molecule has 2 amide bonds. The van der Waals surface area contributed by atoms with Gasteiger partial charge in [0.05, 0.1) is 18.7 Å². The fourth-order valence-electron chi connectivity index (χ4n) is 3.72. The molecule has 0 fully saturated rings. The number of anilines is 1. The van der Waals surface area contributed by atoms with Gasteiger partial charge in [0.1, 0.15) is 11.4 Å². The summed E-state index contributed by atoms with van der Waals surface area (Å²) in [4.78, 5) is 28.1. The third-order valence-electron chi connectivity index (χ3n) is 5.44. The van der Waals surface area contributed by atoms with Crippen molar-refractivity contribution in [3.05, 3.63) is 101 Å². The first-order chi connectivity index (χ1) is 15.6. The minimum absolute atomic E-state index is 0.221. The van der Waals surface area contributed by atoms with Gasteiger partial charge in [0.15, 0.2) is 0 Å². The molecule has 3 aromatic carbocycles. The number of hydrogen-bond donors (Lipinski definition) is 1. The molecule has 0 saturated heterocycles. The van der Waals surface area contributed by atoms with Gasteiger partial charge in [-0.05, 0) is 54.3 Å². The Morgan fingerprint density at radius 2 is 1.47 bits per heavy atom. The molecule has 0 saturated carbocycles. The lowest BCUT2D eigenvalue weighted by Gasteiger charge is -2.15. The number of carbonyl (C=O) groups excluding carboxylic acids is 2. The normalized spacial score (nSPS) is 13.6. The molecular weight excluding hydrogens is 400 g/mol. The Labute approximate surface area is 188 Å². The number of amides is 2. The Morgan fingerprint density at radius 1 is 0.781 bits per heavy atom. The highest BCUT2D eigenvalue weighted by molar-refractivity contribution is 6.36. The van der Waals surface area contributed by atoms with Crippen LogP contribution in [0, 0.1) is 0 Å². The van der Waals surface area contributed by atoms with Crippen molar-refractivity contribution in [2.75, 3.05) is 11.9 Å². The van der Waals surface area contributed by atoms with Crippen molar-refractivity contribution >= 4 is 23.1 Å². The van der Waals surface area contributed by atoms with Gasteiger partial charge < -0.3 is 10.1 Å². The summed E-state index contributed by atoms with van der Waals surface area (Å²) in [6, 6.07) is 24.7. The number of benzene rings is 3. The summed E-state index contributed by atoms with van der Waals surface area (Å²) in [5.74, 6) is 0.0809. The molecule has 1 aliphatic heterocycles. The fraction of sp³-hybridized carbons (Fsp3) is 0.185. The van der Waals surface area contributed by atoms with Crippen LogP contribution in [-0.4, -0.2) is 23.3 Å². The number of aryl methyl sites for hydroxylation is 1. The van der Waals surface area contributed by atoms with E-state index in [0.717, 1.165) is 23.4 Å². The molecular formula is C27H26N2O3. The molecule has 0 aromatic heterocycles. The largest absolute Gasteiger partial charge is 0.494 e.